The lowest BCUT2D eigenvalue weighted by atomic mass is 10.3. The van der Waals surface area contributed by atoms with E-state index < -0.39 is 0 Å². The Morgan fingerprint density at radius 2 is 1.77 bits per heavy atom. The number of hydrogen-bond acceptors (Lipinski definition) is 2. The van der Waals surface area contributed by atoms with Crippen LogP contribution in [0.5, 0.6) is 5.75 Å². The maximum atomic E-state index is 5.66. The third-order valence-corrected chi connectivity index (χ3v) is 1.71. The maximum Gasteiger partial charge on any atom is 0.142 e. The predicted molar refractivity (Wildman–Crippen MR) is 56.5 cm³/mol. The minimum absolute atomic E-state index is 0.223. The zero-order valence-electron chi connectivity index (χ0n) is 8.74. The van der Waals surface area contributed by atoms with Crippen molar-refractivity contribution in [3.8, 4) is 5.75 Å². The largest absolute Gasteiger partial charge is 0.489 e. The Morgan fingerprint density at radius 3 is 2.31 bits per heavy atom. The van der Waals surface area contributed by atoms with E-state index in [1.807, 2.05) is 46.1 Å². The van der Waals surface area contributed by atoms with Gasteiger partial charge in [0, 0.05) is 14.1 Å². The van der Waals surface area contributed by atoms with Crippen LogP contribution in [0.4, 0.5) is 5.69 Å². The fourth-order valence-electron chi connectivity index (χ4n) is 1.18. The molecule has 0 heterocycles. The fourth-order valence-corrected chi connectivity index (χ4v) is 1.18. The van der Waals surface area contributed by atoms with Crippen LogP contribution in [0.3, 0.4) is 0 Å². The van der Waals surface area contributed by atoms with Gasteiger partial charge >= 0.3 is 0 Å². The molecule has 13 heavy (non-hydrogen) atoms. The maximum absolute atomic E-state index is 5.66. The van der Waals surface area contributed by atoms with Gasteiger partial charge < -0.3 is 9.64 Å². The second-order valence-corrected chi connectivity index (χ2v) is 3.53. The first kappa shape index (κ1) is 9.90. The van der Waals surface area contributed by atoms with Crippen LogP contribution in [0, 0.1) is 0 Å². The molecular formula is C11H17NO. The molecule has 0 saturated heterocycles. The Balaban J connectivity index is 2.91. The summed E-state index contributed by atoms with van der Waals surface area (Å²) in [5.41, 5.74) is 1.12. The van der Waals surface area contributed by atoms with Crippen LogP contribution >= 0.6 is 0 Å². The molecular weight excluding hydrogens is 162 g/mol. The quantitative estimate of drug-likeness (QED) is 0.707. The lowest BCUT2D eigenvalue weighted by molar-refractivity contribution is 0.243. The van der Waals surface area contributed by atoms with E-state index in [0.29, 0.717) is 0 Å². The molecule has 0 unspecified atom stereocenters. The Bertz CT molecular complexity index is 269. The standard InChI is InChI=1S/C11H17NO/c1-9(2)13-11-8-6-5-7-10(11)12(3)4/h5-9H,1-4H3. The Kier molecular flexibility index (Phi) is 3.18. The van der Waals surface area contributed by atoms with Crippen molar-refractivity contribution in [1.82, 2.24) is 0 Å². The minimum Gasteiger partial charge on any atom is -0.489 e. The molecule has 1 aromatic carbocycles. The Hall–Kier alpha value is -1.18. The molecule has 0 bridgehead atoms. The molecule has 0 radical (unpaired) electrons. The van der Waals surface area contributed by atoms with Gasteiger partial charge in [0.25, 0.3) is 0 Å². The van der Waals surface area contributed by atoms with Gasteiger partial charge in [0.05, 0.1) is 11.8 Å². The van der Waals surface area contributed by atoms with Gasteiger partial charge in [-0.3, -0.25) is 0 Å². The van der Waals surface area contributed by atoms with Crippen LogP contribution in [-0.4, -0.2) is 20.2 Å². The summed E-state index contributed by atoms with van der Waals surface area (Å²) < 4.78 is 5.66. The van der Waals surface area contributed by atoms with Gasteiger partial charge in [-0.1, -0.05) is 12.1 Å². The van der Waals surface area contributed by atoms with Crippen molar-refractivity contribution in [2.45, 2.75) is 20.0 Å². The van der Waals surface area contributed by atoms with Gasteiger partial charge in [-0.25, -0.2) is 0 Å². The molecule has 0 fully saturated rings. The van der Waals surface area contributed by atoms with Crippen molar-refractivity contribution in [3.63, 3.8) is 0 Å². The first-order valence-electron chi connectivity index (χ1n) is 4.54. The summed E-state index contributed by atoms with van der Waals surface area (Å²) in [6.45, 7) is 4.07. The van der Waals surface area contributed by atoms with E-state index in [0.717, 1.165) is 11.4 Å². The number of para-hydroxylation sites is 2. The van der Waals surface area contributed by atoms with E-state index in [-0.39, 0.29) is 6.10 Å². The first-order chi connectivity index (χ1) is 6.11. The molecule has 1 rings (SSSR count). The van der Waals surface area contributed by atoms with Crippen molar-refractivity contribution in [1.29, 1.82) is 0 Å². The van der Waals surface area contributed by atoms with E-state index in [1.165, 1.54) is 0 Å². The summed E-state index contributed by atoms with van der Waals surface area (Å²) in [6, 6.07) is 8.06. The van der Waals surface area contributed by atoms with Crippen LogP contribution in [0.15, 0.2) is 24.3 Å². The van der Waals surface area contributed by atoms with E-state index in [1.54, 1.807) is 0 Å². The highest BCUT2D eigenvalue weighted by Gasteiger charge is 2.05. The topological polar surface area (TPSA) is 12.5 Å². The minimum atomic E-state index is 0.223. The molecule has 72 valence electrons. The number of anilines is 1. The number of nitrogens with zero attached hydrogens (tertiary/aromatic N) is 1. The van der Waals surface area contributed by atoms with Crippen molar-refractivity contribution in [2.75, 3.05) is 19.0 Å². The average molecular weight is 179 g/mol. The van der Waals surface area contributed by atoms with Gasteiger partial charge in [-0.2, -0.15) is 0 Å². The summed E-state index contributed by atoms with van der Waals surface area (Å²) in [6.07, 6.45) is 0.223. The van der Waals surface area contributed by atoms with E-state index in [4.69, 9.17) is 4.74 Å². The van der Waals surface area contributed by atoms with Crippen molar-refractivity contribution in [2.24, 2.45) is 0 Å². The Labute approximate surface area is 80.1 Å². The number of ether oxygens (including phenoxy) is 1. The zero-order valence-corrected chi connectivity index (χ0v) is 8.74. The van der Waals surface area contributed by atoms with Gasteiger partial charge in [-0.15, -0.1) is 0 Å². The van der Waals surface area contributed by atoms with Crippen LogP contribution in [0.2, 0.25) is 0 Å². The average Bonchev–Trinajstić information content (AvgIpc) is 2.03. The fraction of sp³-hybridized carbons (Fsp3) is 0.455. The molecule has 0 spiro atoms. The lowest BCUT2D eigenvalue weighted by Gasteiger charge is -2.19. The van der Waals surface area contributed by atoms with E-state index >= 15 is 0 Å². The highest BCUT2D eigenvalue weighted by molar-refractivity contribution is 5.57. The normalized spacial score (nSPS) is 10.2. The summed E-state index contributed by atoms with van der Waals surface area (Å²) >= 11 is 0. The monoisotopic (exact) mass is 179 g/mol. The lowest BCUT2D eigenvalue weighted by Crippen LogP contribution is -2.13. The van der Waals surface area contributed by atoms with Crippen LogP contribution in [0.1, 0.15) is 13.8 Å². The SMILES string of the molecule is CC(C)Oc1ccccc1N(C)C. The third kappa shape index (κ3) is 2.65. The van der Waals surface area contributed by atoms with Crippen molar-refractivity contribution < 1.29 is 4.74 Å². The summed E-state index contributed by atoms with van der Waals surface area (Å²) in [4.78, 5) is 2.05. The second kappa shape index (κ2) is 4.17. The zero-order chi connectivity index (χ0) is 9.84. The molecule has 2 heteroatoms. The second-order valence-electron chi connectivity index (χ2n) is 3.53. The highest BCUT2D eigenvalue weighted by atomic mass is 16.5. The smallest absolute Gasteiger partial charge is 0.142 e. The molecule has 0 atom stereocenters. The van der Waals surface area contributed by atoms with Crippen molar-refractivity contribution in [3.05, 3.63) is 24.3 Å². The third-order valence-electron chi connectivity index (χ3n) is 1.71. The summed E-state index contributed by atoms with van der Waals surface area (Å²) in [5.74, 6) is 0.947. The Morgan fingerprint density at radius 1 is 1.15 bits per heavy atom. The van der Waals surface area contributed by atoms with E-state index in [2.05, 4.69) is 11.0 Å². The summed E-state index contributed by atoms with van der Waals surface area (Å²) in [7, 11) is 4.03. The molecule has 2 nitrogen and oxygen atoms in total. The predicted octanol–water partition coefficient (Wildman–Crippen LogP) is 2.54. The molecule has 1 aromatic rings. The number of hydrogen-bond donors (Lipinski definition) is 0. The van der Waals surface area contributed by atoms with Gasteiger partial charge in [0.2, 0.25) is 0 Å². The molecule has 0 N–H and O–H groups in total. The first-order valence-corrected chi connectivity index (χ1v) is 4.54. The van der Waals surface area contributed by atoms with E-state index in [9.17, 15) is 0 Å². The van der Waals surface area contributed by atoms with Crippen molar-refractivity contribution >= 4 is 5.69 Å². The van der Waals surface area contributed by atoms with Gasteiger partial charge in [-0.05, 0) is 26.0 Å². The van der Waals surface area contributed by atoms with Gasteiger partial charge in [0.15, 0.2) is 0 Å². The number of rotatable bonds is 3. The molecule has 0 aliphatic carbocycles. The molecule has 0 amide bonds. The van der Waals surface area contributed by atoms with Crippen LogP contribution < -0.4 is 9.64 Å². The van der Waals surface area contributed by atoms with Gasteiger partial charge in [0.1, 0.15) is 5.75 Å². The molecule has 0 saturated carbocycles. The number of benzene rings is 1. The van der Waals surface area contributed by atoms with Crippen LogP contribution in [-0.2, 0) is 0 Å². The highest BCUT2D eigenvalue weighted by Crippen LogP contribution is 2.26. The molecule has 0 aliphatic rings. The molecule has 0 aromatic heterocycles. The molecule has 0 aliphatic heterocycles. The van der Waals surface area contributed by atoms with Crippen LogP contribution in [0.25, 0.3) is 0 Å². The summed E-state index contributed by atoms with van der Waals surface area (Å²) in [5, 5.41) is 0.